The fourth-order valence-electron chi connectivity index (χ4n) is 6.13. The summed E-state index contributed by atoms with van der Waals surface area (Å²) in [6, 6.07) is 7.39. The third-order valence-corrected chi connectivity index (χ3v) is 8.77. The van der Waals surface area contributed by atoms with E-state index in [1.54, 1.807) is 4.90 Å². The van der Waals surface area contributed by atoms with Crippen molar-refractivity contribution in [3.8, 4) is 0 Å². The van der Waals surface area contributed by atoms with Gasteiger partial charge in [0.25, 0.3) is 0 Å². The van der Waals surface area contributed by atoms with Gasteiger partial charge in [-0.25, -0.2) is 14.4 Å². The van der Waals surface area contributed by atoms with Gasteiger partial charge < -0.3 is 34.1 Å². The summed E-state index contributed by atoms with van der Waals surface area (Å²) in [5.41, 5.74) is 4.41. The molecule has 1 aliphatic carbocycles. The molecule has 2 aromatic rings. The molecule has 39 heavy (non-hydrogen) atoms. The maximum absolute atomic E-state index is 12.3. The van der Waals surface area contributed by atoms with Gasteiger partial charge in [-0.1, -0.05) is 12.1 Å². The molecule has 10 nitrogen and oxygen atoms in total. The molecular weight excluding hydrogens is 522 g/mol. The van der Waals surface area contributed by atoms with E-state index in [2.05, 4.69) is 48.0 Å². The van der Waals surface area contributed by atoms with Crippen molar-refractivity contribution < 1.29 is 34.1 Å². The average Bonchev–Trinajstić information content (AvgIpc) is 3.20. The van der Waals surface area contributed by atoms with Crippen LogP contribution in [0.3, 0.4) is 0 Å². The smallest absolute Gasteiger partial charge is 0.409 e. The highest BCUT2D eigenvalue weighted by Crippen LogP contribution is 2.47. The molecule has 0 bridgehead atoms. The number of nitrogens with zero attached hydrogens (tertiary/aromatic N) is 3. The molecule has 1 amide bonds. The number of carbonyl (C=O) groups excluding carboxylic acids is 1. The molecule has 5 rings (SSSR count). The molecule has 0 saturated carbocycles. The van der Waals surface area contributed by atoms with Crippen LogP contribution in [0.15, 0.2) is 35.4 Å². The van der Waals surface area contributed by atoms with Gasteiger partial charge in [0.2, 0.25) is 0 Å². The molecule has 0 radical (unpaired) electrons. The van der Waals surface area contributed by atoms with Gasteiger partial charge in [0, 0.05) is 61.7 Å². The molecular formula is C28H37N3O7S. The van der Waals surface area contributed by atoms with E-state index < -0.39 is 11.9 Å². The van der Waals surface area contributed by atoms with Gasteiger partial charge in [-0.3, -0.25) is 0 Å². The zero-order chi connectivity index (χ0) is 28.1. The fraction of sp³-hybridized carbons (Fsp3) is 0.536. The van der Waals surface area contributed by atoms with Crippen LogP contribution in [-0.4, -0.2) is 101 Å². The Morgan fingerprint density at radius 1 is 1.13 bits per heavy atom. The van der Waals surface area contributed by atoms with E-state index in [1.807, 2.05) is 11.8 Å². The molecule has 212 valence electrons. The highest BCUT2D eigenvalue weighted by atomic mass is 32.2. The lowest BCUT2D eigenvalue weighted by Crippen LogP contribution is -2.48. The predicted octanol–water partition coefficient (Wildman–Crippen LogP) is 3.43. The molecule has 1 unspecified atom stereocenters. The largest absolute Gasteiger partial charge is 0.478 e. The lowest BCUT2D eigenvalue weighted by Gasteiger charge is -2.45. The van der Waals surface area contributed by atoms with Crippen molar-refractivity contribution in [2.24, 2.45) is 13.0 Å². The van der Waals surface area contributed by atoms with Gasteiger partial charge in [-0.05, 0) is 55.7 Å². The van der Waals surface area contributed by atoms with Crippen molar-refractivity contribution >= 4 is 40.7 Å². The number of carboxylic acids is 2. The van der Waals surface area contributed by atoms with Gasteiger partial charge >= 0.3 is 18.0 Å². The number of hydrogen-bond donors (Lipinski definition) is 2. The van der Waals surface area contributed by atoms with Gasteiger partial charge in [0.1, 0.15) is 0 Å². The van der Waals surface area contributed by atoms with Crippen LogP contribution in [-0.2, 0) is 32.5 Å². The summed E-state index contributed by atoms with van der Waals surface area (Å²) in [7, 11) is 4.47. The maximum Gasteiger partial charge on any atom is 0.409 e. The summed E-state index contributed by atoms with van der Waals surface area (Å²) >= 11 is 1.87. The maximum atomic E-state index is 12.3. The lowest BCUT2D eigenvalue weighted by molar-refractivity contribution is -0.134. The number of benzene rings is 1. The zero-order valence-corrected chi connectivity index (χ0v) is 23.5. The minimum absolute atomic E-state index is 0.189. The molecule has 2 fully saturated rings. The number of aromatic nitrogens is 1. The second-order valence-electron chi connectivity index (χ2n) is 10.2. The number of rotatable bonds is 6. The number of carbonyl (C=O) groups is 3. The first kappa shape index (κ1) is 29.0. The first-order chi connectivity index (χ1) is 18.7. The quantitative estimate of drug-likeness (QED) is 0.405. The Hall–Kier alpha value is -3.02. The minimum Gasteiger partial charge on any atom is -0.478 e. The second kappa shape index (κ2) is 12.9. The Kier molecular flexibility index (Phi) is 9.58. The second-order valence-corrected chi connectivity index (χ2v) is 11.0. The van der Waals surface area contributed by atoms with Crippen molar-refractivity contribution in [1.29, 1.82) is 0 Å². The third kappa shape index (κ3) is 6.59. The van der Waals surface area contributed by atoms with E-state index >= 15 is 0 Å². The normalized spacial score (nSPS) is 22.7. The number of piperidine rings is 1. The molecule has 0 spiro atoms. The monoisotopic (exact) mass is 559 g/mol. The van der Waals surface area contributed by atoms with E-state index in [1.165, 1.54) is 33.5 Å². The molecule has 11 heteroatoms. The van der Waals surface area contributed by atoms with E-state index in [0.717, 1.165) is 19.4 Å². The lowest BCUT2D eigenvalue weighted by atomic mass is 9.72. The summed E-state index contributed by atoms with van der Waals surface area (Å²) in [4.78, 5) is 35.7. The van der Waals surface area contributed by atoms with Gasteiger partial charge in [0.05, 0.1) is 24.8 Å². The molecule has 1 aromatic carbocycles. The van der Waals surface area contributed by atoms with Crippen molar-refractivity contribution in [1.82, 2.24) is 14.4 Å². The molecule has 3 atom stereocenters. The number of aryl methyl sites for hydroxylation is 1. The molecule has 2 N–H and O–H groups in total. The Morgan fingerprint density at radius 3 is 2.46 bits per heavy atom. The first-order valence-corrected chi connectivity index (χ1v) is 14.4. The fourth-order valence-corrected chi connectivity index (χ4v) is 6.93. The Morgan fingerprint density at radius 2 is 1.82 bits per heavy atom. The summed E-state index contributed by atoms with van der Waals surface area (Å²) in [6.07, 6.45) is 6.35. The van der Waals surface area contributed by atoms with Crippen LogP contribution in [0.2, 0.25) is 0 Å². The molecule has 3 aliphatic rings. The van der Waals surface area contributed by atoms with Crippen molar-refractivity contribution in [2.45, 2.75) is 36.2 Å². The molecule has 3 heterocycles. The van der Waals surface area contributed by atoms with Crippen LogP contribution in [0.25, 0.3) is 10.9 Å². The SMILES string of the molecule is CSc1c2c3c(cccc3n1C)C1C[C@@H](CCOC(=O)N3CCOCC3)CN(C)[C@@H]1C2.O=C(O)/C=C\C(=O)O. The van der Waals surface area contributed by atoms with E-state index in [0.29, 0.717) is 62.9 Å². The van der Waals surface area contributed by atoms with Crippen LogP contribution in [0, 0.1) is 5.92 Å². The number of likely N-dealkylation sites (N-methyl/N-ethyl adjacent to an activating group) is 1. The molecule has 2 aliphatic heterocycles. The first-order valence-electron chi connectivity index (χ1n) is 13.2. The van der Waals surface area contributed by atoms with Crippen molar-refractivity contribution in [3.63, 3.8) is 0 Å². The Labute approximate surface area is 232 Å². The number of aliphatic carboxylic acids is 2. The Balaban J connectivity index is 0.000000386. The predicted molar refractivity (Wildman–Crippen MR) is 148 cm³/mol. The number of ether oxygens (including phenoxy) is 2. The zero-order valence-electron chi connectivity index (χ0n) is 22.7. The highest BCUT2D eigenvalue weighted by Gasteiger charge is 2.40. The molecule has 2 saturated heterocycles. The molecule has 1 aromatic heterocycles. The number of thioether (sulfide) groups is 1. The standard InChI is InChI=1S/C24H33N3O3S.C4H4O4/c1-25-15-16(7-10-30-24(28)27-8-11-29-12-9-27)13-18-17-5-4-6-20-22(17)19(14-21(18)25)23(31-3)26(20)2;5-3(6)1-2-4(7)8/h4-6,16,18,21H,7-15H2,1-3H3;1-2H,(H,5,6)(H,7,8)/b;2-1-/t16-,18?,21-;/m1./s1. The van der Waals surface area contributed by atoms with E-state index in [-0.39, 0.29) is 6.09 Å². The third-order valence-electron chi connectivity index (χ3n) is 7.86. The van der Waals surface area contributed by atoms with Gasteiger partial charge in [-0.15, -0.1) is 11.8 Å². The number of hydrogen-bond acceptors (Lipinski definition) is 7. The highest BCUT2D eigenvalue weighted by molar-refractivity contribution is 7.98. The van der Waals surface area contributed by atoms with Gasteiger partial charge in [-0.2, -0.15) is 0 Å². The Bertz CT molecular complexity index is 1220. The summed E-state index contributed by atoms with van der Waals surface area (Å²) in [6.45, 7) is 4.06. The summed E-state index contributed by atoms with van der Waals surface area (Å²) < 4.78 is 13.3. The van der Waals surface area contributed by atoms with Crippen molar-refractivity contribution in [2.75, 3.05) is 52.8 Å². The van der Waals surface area contributed by atoms with Crippen LogP contribution < -0.4 is 0 Å². The number of carboxylic acid groups (broad SMARTS) is 2. The van der Waals surface area contributed by atoms with Gasteiger partial charge in [0.15, 0.2) is 0 Å². The number of morpholine rings is 1. The van der Waals surface area contributed by atoms with Crippen LogP contribution in [0.5, 0.6) is 0 Å². The number of amides is 1. The van der Waals surface area contributed by atoms with Crippen LogP contribution in [0.1, 0.15) is 29.9 Å². The number of likely N-dealkylation sites (tertiary alicyclic amines) is 1. The minimum atomic E-state index is -1.26. The van der Waals surface area contributed by atoms with Crippen LogP contribution >= 0.6 is 11.8 Å². The average molecular weight is 560 g/mol. The van der Waals surface area contributed by atoms with E-state index in [4.69, 9.17) is 19.7 Å². The summed E-state index contributed by atoms with van der Waals surface area (Å²) in [5, 5.41) is 18.5. The van der Waals surface area contributed by atoms with Crippen LogP contribution in [0.4, 0.5) is 4.79 Å². The summed E-state index contributed by atoms with van der Waals surface area (Å²) in [5.74, 6) is -1.42. The van der Waals surface area contributed by atoms with Crippen molar-refractivity contribution in [3.05, 3.63) is 41.5 Å². The number of fused-ring (bicyclic) bond motifs is 2. The topological polar surface area (TPSA) is 122 Å². The van der Waals surface area contributed by atoms with E-state index in [9.17, 15) is 14.4 Å².